The minimum Gasteiger partial charge on any atom is -0.383 e. The van der Waals surface area contributed by atoms with Crippen LogP contribution in [0.1, 0.15) is 17.9 Å². The molecule has 1 amide bonds. The van der Waals surface area contributed by atoms with E-state index in [-0.39, 0.29) is 30.9 Å². The van der Waals surface area contributed by atoms with E-state index in [0.29, 0.717) is 11.4 Å². The van der Waals surface area contributed by atoms with Gasteiger partial charge in [-0.05, 0) is 30.0 Å². The van der Waals surface area contributed by atoms with Crippen molar-refractivity contribution in [3.63, 3.8) is 0 Å². The summed E-state index contributed by atoms with van der Waals surface area (Å²) in [6.07, 6.45) is -1.83. The molecule has 116 valence electrons. The van der Waals surface area contributed by atoms with Crippen LogP contribution in [0, 0.1) is 5.92 Å². The first-order valence-corrected chi connectivity index (χ1v) is 7.22. The lowest BCUT2D eigenvalue weighted by atomic mass is 10.1. The quantitative estimate of drug-likeness (QED) is 0.773. The van der Waals surface area contributed by atoms with Crippen molar-refractivity contribution in [2.45, 2.75) is 18.8 Å². The molecular formula is C15H18ClF2NO2. The Labute approximate surface area is 127 Å². The van der Waals surface area contributed by atoms with Crippen LogP contribution in [0.3, 0.4) is 0 Å². The predicted molar refractivity (Wildman–Crippen MR) is 76.8 cm³/mol. The van der Waals surface area contributed by atoms with Crippen LogP contribution in [0.25, 0.3) is 0 Å². The van der Waals surface area contributed by atoms with Gasteiger partial charge in [0.1, 0.15) is 0 Å². The second-order valence-corrected chi connectivity index (χ2v) is 5.60. The second-order valence-electron chi connectivity index (χ2n) is 5.17. The number of benzene rings is 1. The molecular weight excluding hydrogens is 300 g/mol. The van der Waals surface area contributed by atoms with Crippen LogP contribution in [0.15, 0.2) is 24.3 Å². The van der Waals surface area contributed by atoms with Crippen LogP contribution in [-0.2, 0) is 9.53 Å². The van der Waals surface area contributed by atoms with E-state index in [0.717, 1.165) is 5.56 Å². The molecule has 1 aliphatic rings. The lowest BCUT2D eigenvalue weighted by Crippen LogP contribution is -2.38. The lowest BCUT2D eigenvalue weighted by molar-refractivity contribution is -0.135. The van der Waals surface area contributed by atoms with Crippen molar-refractivity contribution in [1.82, 2.24) is 4.90 Å². The van der Waals surface area contributed by atoms with Crippen molar-refractivity contribution >= 4 is 17.5 Å². The monoisotopic (exact) mass is 317 g/mol. The van der Waals surface area contributed by atoms with Crippen LogP contribution >= 0.6 is 11.6 Å². The molecule has 1 fully saturated rings. The van der Waals surface area contributed by atoms with Crippen molar-refractivity contribution in [3.05, 3.63) is 34.9 Å². The largest absolute Gasteiger partial charge is 0.383 e. The fourth-order valence-electron chi connectivity index (χ4n) is 2.44. The average molecular weight is 318 g/mol. The summed E-state index contributed by atoms with van der Waals surface area (Å²) >= 11 is 5.83. The average Bonchev–Trinajstić information content (AvgIpc) is 3.23. The van der Waals surface area contributed by atoms with Crippen LogP contribution in [0.4, 0.5) is 8.78 Å². The molecule has 1 aliphatic carbocycles. The van der Waals surface area contributed by atoms with E-state index in [4.69, 9.17) is 16.3 Å². The zero-order chi connectivity index (χ0) is 15.4. The Morgan fingerprint density at radius 1 is 1.43 bits per heavy atom. The zero-order valence-electron chi connectivity index (χ0n) is 11.8. The third-order valence-electron chi connectivity index (χ3n) is 3.64. The fraction of sp³-hybridized carbons (Fsp3) is 0.533. The Kier molecular flexibility index (Phi) is 5.53. The van der Waals surface area contributed by atoms with E-state index in [2.05, 4.69) is 0 Å². The molecule has 0 radical (unpaired) electrons. The highest BCUT2D eigenvalue weighted by molar-refractivity contribution is 6.30. The van der Waals surface area contributed by atoms with Crippen molar-refractivity contribution in [3.8, 4) is 0 Å². The molecule has 0 unspecified atom stereocenters. The predicted octanol–water partition coefficient (Wildman–Crippen LogP) is 3.18. The van der Waals surface area contributed by atoms with Crippen molar-refractivity contribution < 1.29 is 18.3 Å². The van der Waals surface area contributed by atoms with Crippen molar-refractivity contribution in [2.24, 2.45) is 5.92 Å². The summed E-state index contributed by atoms with van der Waals surface area (Å²) in [5.74, 6) is -0.313. The Balaban J connectivity index is 1.97. The maximum Gasteiger partial charge on any atom is 0.255 e. The molecule has 0 bridgehead atoms. The number of alkyl halides is 2. The molecule has 21 heavy (non-hydrogen) atoms. The summed E-state index contributed by atoms with van der Waals surface area (Å²) in [7, 11) is 1.48. The van der Waals surface area contributed by atoms with Gasteiger partial charge in [0, 0.05) is 24.6 Å². The molecule has 3 nitrogen and oxygen atoms in total. The molecule has 2 atom stereocenters. The van der Waals surface area contributed by atoms with Gasteiger partial charge in [0.2, 0.25) is 5.91 Å². The first-order chi connectivity index (χ1) is 10.0. The molecule has 0 heterocycles. The van der Waals surface area contributed by atoms with Gasteiger partial charge in [-0.2, -0.15) is 0 Å². The van der Waals surface area contributed by atoms with Gasteiger partial charge in [0.05, 0.1) is 13.2 Å². The molecule has 0 saturated heterocycles. The Morgan fingerprint density at radius 2 is 2.10 bits per heavy atom. The first kappa shape index (κ1) is 16.2. The highest BCUT2D eigenvalue weighted by Crippen LogP contribution is 2.48. The van der Waals surface area contributed by atoms with Gasteiger partial charge in [-0.25, -0.2) is 8.78 Å². The third kappa shape index (κ3) is 4.38. The highest BCUT2D eigenvalue weighted by atomic mass is 35.5. The summed E-state index contributed by atoms with van der Waals surface area (Å²) in [6, 6.07) is 7.32. The van der Waals surface area contributed by atoms with Crippen LogP contribution in [0.5, 0.6) is 0 Å². The fourth-order valence-corrected chi connectivity index (χ4v) is 2.57. The van der Waals surface area contributed by atoms with Gasteiger partial charge in [0.15, 0.2) is 0 Å². The SMILES string of the molecule is COCCN(CC(F)F)C(=O)[C@@H]1C[C@@H]1c1ccc(Cl)cc1. The number of rotatable bonds is 7. The van der Waals surface area contributed by atoms with E-state index in [1.807, 2.05) is 12.1 Å². The molecule has 1 saturated carbocycles. The van der Waals surface area contributed by atoms with Crippen molar-refractivity contribution in [1.29, 1.82) is 0 Å². The molecule has 0 aromatic heterocycles. The molecule has 6 heteroatoms. The zero-order valence-corrected chi connectivity index (χ0v) is 12.5. The molecule has 1 aromatic rings. The van der Waals surface area contributed by atoms with Crippen molar-refractivity contribution in [2.75, 3.05) is 26.8 Å². The summed E-state index contributed by atoms with van der Waals surface area (Å²) in [4.78, 5) is 13.5. The van der Waals surface area contributed by atoms with Crippen LogP contribution in [0.2, 0.25) is 5.02 Å². The summed E-state index contributed by atoms with van der Waals surface area (Å²) in [5, 5.41) is 0.640. The highest BCUT2D eigenvalue weighted by Gasteiger charge is 2.45. The number of halogens is 3. The van der Waals surface area contributed by atoms with E-state index in [1.54, 1.807) is 12.1 Å². The first-order valence-electron chi connectivity index (χ1n) is 6.84. The number of carbonyl (C=O) groups excluding carboxylic acids is 1. The number of nitrogens with zero attached hydrogens (tertiary/aromatic N) is 1. The van der Waals surface area contributed by atoms with Gasteiger partial charge in [0.25, 0.3) is 6.43 Å². The van der Waals surface area contributed by atoms with Crippen LogP contribution in [-0.4, -0.2) is 44.0 Å². The summed E-state index contributed by atoms with van der Waals surface area (Å²) in [5.41, 5.74) is 1.03. The maximum atomic E-state index is 12.6. The Morgan fingerprint density at radius 3 is 2.67 bits per heavy atom. The molecule has 2 rings (SSSR count). The second kappa shape index (κ2) is 7.18. The smallest absolute Gasteiger partial charge is 0.255 e. The van der Waals surface area contributed by atoms with E-state index < -0.39 is 13.0 Å². The lowest BCUT2D eigenvalue weighted by Gasteiger charge is -2.22. The molecule has 0 N–H and O–H groups in total. The van der Waals surface area contributed by atoms with E-state index in [1.165, 1.54) is 12.0 Å². The standard InChI is InChI=1S/C15H18ClF2NO2/c1-21-7-6-19(9-14(17)18)15(20)13-8-12(13)10-2-4-11(16)5-3-10/h2-5,12-14H,6-9H2,1H3/t12-,13-/m1/s1. The van der Waals surface area contributed by atoms with E-state index >= 15 is 0 Å². The molecule has 1 aromatic carbocycles. The number of methoxy groups -OCH3 is 1. The van der Waals surface area contributed by atoms with Gasteiger partial charge in [-0.3, -0.25) is 4.79 Å². The normalized spacial score (nSPS) is 20.6. The van der Waals surface area contributed by atoms with Gasteiger partial charge in [-0.15, -0.1) is 0 Å². The minimum absolute atomic E-state index is 0.109. The Bertz CT molecular complexity index is 481. The summed E-state index contributed by atoms with van der Waals surface area (Å²) < 4.78 is 30.0. The van der Waals surface area contributed by atoms with Gasteiger partial charge in [-0.1, -0.05) is 23.7 Å². The number of hydrogen-bond acceptors (Lipinski definition) is 2. The number of carbonyl (C=O) groups is 1. The number of ether oxygens (including phenoxy) is 1. The van der Waals surface area contributed by atoms with Crippen LogP contribution < -0.4 is 0 Å². The molecule has 0 spiro atoms. The third-order valence-corrected chi connectivity index (χ3v) is 3.89. The van der Waals surface area contributed by atoms with Gasteiger partial charge < -0.3 is 9.64 Å². The number of hydrogen-bond donors (Lipinski definition) is 0. The maximum absolute atomic E-state index is 12.6. The number of amides is 1. The minimum atomic E-state index is -2.53. The van der Waals surface area contributed by atoms with Gasteiger partial charge >= 0.3 is 0 Å². The Hall–Kier alpha value is -1.20. The topological polar surface area (TPSA) is 29.5 Å². The van der Waals surface area contributed by atoms with E-state index in [9.17, 15) is 13.6 Å². The summed E-state index contributed by atoms with van der Waals surface area (Å²) in [6.45, 7) is -0.0770. The molecule has 0 aliphatic heterocycles.